The van der Waals surface area contributed by atoms with Crippen LogP contribution in [0, 0.1) is 0 Å². The van der Waals surface area contributed by atoms with E-state index in [9.17, 15) is 10.2 Å². The van der Waals surface area contributed by atoms with Crippen LogP contribution in [0.2, 0.25) is 25.7 Å². The van der Waals surface area contributed by atoms with Crippen molar-refractivity contribution in [3.63, 3.8) is 0 Å². The molecule has 0 bridgehead atoms. The Morgan fingerprint density at radius 2 is 1.92 bits per heavy atom. The van der Waals surface area contributed by atoms with Crippen molar-refractivity contribution in [2.45, 2.75) is 43.9 Å². The number of nitrogens with one attached hydrogen (secondary N) is 1. The van der Waals surface area contributed by atoms with E-state index in [-0.39, 0.29) is 6.04 Å². The largest absolute Gasteiger partial charge is 0.389 e. The van der Waals surface area contributed by atoms with Gasteiger partial charge in [0.2, 0.25) is 0 Å². The molecule has 3 atom stereocenters. The van der Waals surface area contributed by atoms with Gasteiger partial charge in [0.15, 0.2) is 0 Å². The quantitative estimate of drug-likeness (QED) is 0.537. The molecule has 72 valence electrons. The lowest BCUT2D eigenvalue weighted by Crippen LogP contribution is -2.39. The molecule has 4 heteroatoms. The van der Waals surface area contributed by atoms with Gasteiger partial charge in [-0.2, -0.15) is 0 Å². The summed E-state index contributed by atoms with van der Waals surface area (Å²) in [4.78, 5) is 0. The summed E-state index contributed by atoms with van der Waals surface area (Å²) in [5, 5.41) is 21.9. The first-order valence-electron chi connectivity index (χ1n) is 4.50. The van der Waals surface area contributed by atoms with Gasteiger partial charge in [0, 0.05) is 20.7 Å². The topological polar surface area (TPSA) is 52.5 Å². The third-order valence-electron chi connectivity index (χ3n) is 2.23. The normalized spacial score (nSPS) is 37.2. The second-order valence-corrected chi connectivity index (χ2v) is 10.4. The molecule has 12 heavy (non-hydrogen) atoms. The molecule has 0 aliphatic carbocycles. The molecule has 1 rings (SSSR count). The predicted octanol–water partition coefficient (Wildman–Crippen LogP) is 0.0182. The molecule has 1 aliphatic heterocycles. The fourth-order valence-corrected chi connectivity index (χ4v) is 3.34. The minimum absolute atomic E-state index is 0.117. The van der Waals surface area contributed by atoms with E-state index in [1.165, 1.54) is 0 Å². The molecule has 0 unspecified atom stereocenters. The Labute approximate surface area is 74.8 Å². The first-order chi connectivity index (χ1) is 5.40. The fourth-order valence-electron chi connectivity index (χ4n) is 1.63. The van der Waals surface area contributed by atoms with Crippen LogP contribution in [0.3, 0.4) is 0 Å². The lowest BCUT2D eigenvalue weighted by molar-refractivity contribution is 0.0434. The number of hydrogen-bond acceptors (Lipinski definition) is 3. The molecule has 3 N–H and O–H groups in total. The molecule has 3 nitrogen and oxygen atoms in total. The highest BCUT2D eigenvalue weighted by molar-refractivity contribution is 6.76. The smallest absolute Gasteiger partial charge is 0.0961 e. The lowest BCUT2D eigenvalue weighted by atomic mass is 10.2. The molecule has 0 saturated carbocycles. The predicted molar refractivity (Wildman–Crippen MR) is 52.0 cm³/mol. The molecule has 0 aromatic rings. The summed E-state index contributed by atoms with van der Waals surface area (Å²) in [6.45, 7) is 7.35. The van der Waals surface area contributed by atoms with Gasteiger partial charge in [0.1, 0.15) is 0 Å². The SMILES string of the molecule is C[Si](C)(C)C[C@H]1NC[C@H](O)[C@H]1O. The van der Waals surface area contributed by atoms with Crippen molar-refractivity contribution in [2.24, 2.45) is 0 Å². The minimum atomic E-state index is -1.13. The highest BCUT2D eigenvalue weighted by atomic mass is 28.3. The molecule has 0 amide bonds. The zero-order chi connectivity index (χ0) is 9.35. The van der Waals surface area contributed by atoms with E-state index in [4.69, 9.17) is 0 Å². The van der Waals surface area contributed by atoms with Crippen LogP contribution in [0.4, 0.5) is 0 Å². The second-order valence-electron chi connectivity index (χ2n) is 4.84. The van der Waals surface area contributed by atoms with Crippen LogP contribution >= 0.6 is 0 Å². The highest BCUT2D eigenvalue weighted by Crippen LogP contribution is 2.19. The second kappa shape index (κ2) is 3.45. The van der Waals surface area contributed by atoms with Gasteiger partial charge in [0.05, 0.1) is 12.2 Å². The van der Waals surface area contributed by atoms with Crippen LogP contribution in [0.15, 0.2) is 0 Å². The monoisotopic (exact) mass is 189 g/mol. The van der Waals surface area contributed by atoms with Crippen molar-refractivity contribution in [1.29, 1.82) is 0 Å². The van der Waals surface area contributed by atoms with Crippen LogP contribution in [0.1, 0.15) is 0 Å². The Kier molecular flexibility index (Phi) is 2.93. The third kappa shape index (κ3) is 2.55. The molecular formula is C8H19NO2Si. The van der Waals surface area contributed by atoms with Gasteiger partial charge in [-0.15, -0.1) is 0 Å². The highest BCUT2D eigenvalue weighted by Gasteiger charge is 2.35. The maximum absolute atomic E-state index is 9.53. The van der Waals surface area contributed by atoms with Gasteiger partial charge in [-0.1, -0.05) is 19.6 Å². The van der Waals surface area contributed by atoms with Crippen molar-refractivity contribution in [3.8, 4) is 0 Å². The fraction of sp³-hybridized carbons (Fsp3) is 1.00. The van der Waals surface area contributed by atoms with Gasteiger partial charge in [-0.3, -0.25) is 0 Å². The van der Waals surface area contributed by atoms with E-state index in [0.29, 0.717) is 6.54 Å². The molecule has 0 aromatic heterocycles. The Morgan fingerprint density at radius 1 is 1.33 bits per heavy atom. The van der Waals surface area contributed by atoms with Crippen molar-refractivity contribution < 1.29 is 10.2 Å². The zero-order valence-corrected chi connectivity index (χ0v) is 9.04. The Hall–Kier alpha value is 0.0969. The van der Waals surface area contributed by atoms with E-state index in [1.54, 1.807) is 0 Å². The maximum Gasteiger partial charge on any atom is 0.0961 e. The maximum atomic E-state index is 9.53. The molecular weight excluding hydrogens is 170 g/mol. The van der Waals surface area contributed by atoms with Gasteiger partial charge < -0.3 is 15.5 Å². The molecule has 1 saturated heterocycles. The minimum Gasteiger partial charge on any atom is -0.389 e. The van der Waals surface area contributed by atoms with E-state index in [0.717, 1.165) is 6.04 Å². The van der Waals surface area contributed by atoms with Crippen LogP contribution in [-0.2, 0) is 0 Å². The summed E-state index contributed by atoms with van der Waals surface area (Å²) in [5.74, 6) is 0. The molecule has 0 radical (unpaired) electrons. The summed E-state index contributed by atoms with van der Waals surface area (Å²) >= 11 is 0. The van der Waals surface area contributed by atoms with Crippen LogP contribution in [-0.4, -0.2) is 43.1 Å². The van der Waals surface area contributed by atoms with Gasteiger partial charge in [-0.05, 0) is 6.04 Å². The third-order valence-corrected chi connectivity index (χ3v) is 3.89. The average molecular weight is 189 g/mol. The van der Waals surface area contributed by atoms with E-state index in [2.05, 4.69) is 25.0 Å². The number of aliphatic hydroxyl groups is 2. The summed E-state index contributed by atoms with van der Waals surface area (Å²) < 4.78 is 0. The van der Waals surface area contributed by atoms with Gasteiger partial charge in [-0.25, -0.2) is 0 Å². The number of aliphatic hydroxyl groups excluding tert-OH is 2. The molecule has 0 spiro atoms. The van der Waals surface area contributed by atoms with Crippen LogP contribution < -0.4 is 5.32 Å². The first kappa shape index (κ1) is 10.2. The van der Waals surface area contributed by atoms with Crippen molar-refractivity contribution in [2.75, 3.05) is 6.54 Å². The van der Waals surface area contributed by atoms with Crippen molar-refractivity contribution >= 4 is 8.07 Å². The molecule has 1 heterocycles. The molecule has 0 aromatic carbocycles. The lowest BCUT2D eigenvalue weighted by Gasteiger charge is -2.23. The summed E-state index contributed by atoms with van der Waals surface area (Å²) in [6, 6.07) is 1.15. The van der Waals surface area contributed by atoms with E-state index >= 15 is 0 Å². The number of β-amino-alcohol motifs (C(OH)–C–C–N with tert-alkyl or cyclic N) is 1. The van der Waals surface area contributed by atoms with E-state index < -0.39 is 20.3 Å². The Balaban J connectivity index is 2.44. The summed E-state index contributed by atoms with van der Waals surface area (Å²) in [5.41, 5.74) is 0. The average Bonchev–Trinajstić information content (AvgIpc) is 2.16. The first-order valence-corrected chi connectivity index (χ1v) is 8.20. The number of rotatable bonds is 2. The molecule has 1 fully saturated rings. The summed E-state index contributed by atoms with van der Waals surface area (Å²) in [7, 11) is -1.13. The van der Waals surface area contributed by atoms with Crippen LogP contribution in [0.5, 0.6) is 0 Å². The van der Waals surface area contributed by atoms with Gasteiger partial charge in [0.25, 0.3) is 0 Å². The summed E-state index contributed by atoms with van der Waals surface area (Å²) in [6.07, 6.45) is -1.12. The van der Waals surface area contributed by atoms with Gasteiger partial charge >= 0.3 is 0 Å². The standard InChI is InChI=1S/C8H19NO2Si/c1-12(2,3)5-6-8(11)7(10)4-9-6/h6-11H,4-5H2,1-3H3/t6-,7+,8+/m1/s1. The zero-order valence-electron chi connectivity index (χ0n) is 8.04. The Bertz CT molecular complexity index is 158. The van der Waals surface area contributed by atoms with Crippen molar-refractivity contribution in [1.82, 2.24) is 5.32 Å². The van der Waals surface area contributed by atoms with Crippen LogP contribution in [0.25, 0.3) is 0 Å². The van der Waals surface area contributed by atoms with E-state index in [1.807, 2.05) is 0 Å². The number of hydrogen-bond donors (Lipinski definition) is 3. The Morgan fingerprint density at radius 3 is 2.25 bits per heavy atom. The van der Waals surface area contributed by atoms with Crippen molar-refractivity contribution in [3.05, 3.63) is 0 Å². The molecule has 1 aliphatic rings.